The predicted octanol–water partition coefficient (Wildman–Crippen LogP) is 3.90. The zero-order valence-electron chi connectivity index (χ0n) is 17.0. The van der Waals surface area contributed by atoms with E-state index in [1.807, 2.05) is 24.3 Å². The molecule has 0 bridgehead atoms. The van der Waals surface area contributed by atoms with E-state index in [2.05, 4.69) is 58.9 Å². The fourth-order valence-electron chi connectivity index (χ4n) is 3.53. The van der Waals surface area contributed by atoms with Crippen LogP contribution in [0.15, 0.2) is 59.6 Å². The Bertz CT molecular complexity index is 798. The summed E-state index contributed by atoms with van der Waals surface area (Å²) in [5.74, 6) is 0.860. The van der Waals surface area contributed by atoms with Gasteiger partial charge in [0.2, 0.25) is 0 Å². The average molecular weight is 503 g/mol. The van der Waals surface area contributed by atoms with E-state index in [4.69, 9.17) is 10.3 Å². The van der Waals surface area contributed by atoms with E-state index < -0.39 is 0 Å². The average Bonchev–Trinajstić information content (AvgIpc) is 2.73. The van der Waals surface area contributed by atoms with Gasteiger partial charge in [-0.25, -0.2) is 4.99 Å². The number of nitrogens with zero attached hydrogens (tertiary/aromatic N) is 3. The first-order valence-corrected chi connectivity index (χ1v) is 10.1. The number of piperidine rings is 1. The number of halogens is 1. The lowest BCUT2D eigenvalue weighted by Crippen LogP contribution is -2.50. The Labute approximate surface area is 191 Å². The summed E-state index contributed by atoms with van der Waals surface area (Å²) in [5.41, 5.74) is 3.15. The summed E-state index contributed by atoms with van der Waals surface area (Å²) >= 11 is 0. The summed E-state index contributed by atoms with van der Waals surface area (Å²) in [6, 6.07) is 20.8. The normalized spacial score (nSPS) is 17.1. The minimum absolute atomic E-state index is 0. The highest BCUT2D eigenvalue weighted by molar-refractivity contribution is 14.0. The second-order valence-electron chi connectivity index (χ2n) is 7.21. The number of nitriles is 1. The summed E-state index contributed by atoms with van der Waals surface area (Å²) in [7, 11) is 0. The van der Waals surface area contributed by atoms with Crippen LogP contribution < -0.4 is 10.6 Å². The van der Waals surface area contributed by atoms with Gasteiger partial charge in [0.15, 0.2) is 5.96 Å². The van der Waals surface area contributed by atoms with Gasteiger partial charge in [-0.3, -0.25) is 4.90 Å². The molecule has 0 aromatic heterocycles. The van der Waals surface area contributed by atoms with E-state index in [0.29, 0.717) is 18.2 Å². The van der Waals surface area contributed by atoms with Crippen molar-refractivity contribution in [3.05, 3.63) is 71.3 Å². The SMILES string of the molecule is CCNC(=NCc1ccc(C#N)cc1)NC1CCCN(Cc2ccccc2)C1.I. The van der Waals surface area contributed by atoms with Crippen LogP contribution in [0.1, 0.15) is 36.5 Å². The number of rotatable bonds is 6. The third-order valence-corrected chi connectivity index (χ3v) is 4.94. The van der Waals surface area contributed by atoms with E-state index in [1.54, 1.807) is 0 Å². The van der Waals surface area contributed by atoms with Gasteiger partial charge in [0.05, 0.1) is 18.2 Å². The largest absolute Gasteiger partial charge is 0.357 e. The highest BCUT2D eigenvalue weighted by atomic mass is 127. The maximum Gasteiger partial charge on any atom is 0.191 e. The number of aliphatic imine (C=N–C) groups is 1. The number of guanidine groups is 1. The van der Waals surface area contributed by atoms with Gasteiger partial charge < -0.3 is 10.6 Å². The van der Waals surface area contributed by atoms with Crippen LogP contribution >= 0.6 is 24.0 Å². The van der Waals surface area contributed by atoms with Crippen LogP contribution in [0, 0.1) is 11.3 Å². The minimum Gasteiger partial charge on any atom is -0.357 e. The molecule has 0 amide bonds. The first-order valence-electron chi connectivity index (χ1n) is 10.1. The molecular weight excluding hydrogens is 473 g/mol. The third-order valence-electron chi connectivity index (χ3n) is 4.94. The van der Waals surface area contributed by atoms with Crippen LogP contribution in [0.5, 0.6) is 0 Å². The predicted molar refractivity (Wildman–Crippen MR) is 129 cm³/mol. The standard InChI is InChI=1S/C23H29N5.HI/c1-2-25-23(26-16-20-12-10-19(15-24)11-13-20)27-22-9-6-14-28(18-22)17-21-7-4-3-5-8-21;/h3-5,7-8,10-13,22H,2,6,9,14,16-18H2,1H3,(H2,25,26,27);1H. The quantitative estimate of drug-likeness (QED) is 0.357. The summed E-state index contributed by atoms with van der Waals surface area (Å²) in [6.07, 6.45) is 2.35. The number of hydrogen-bond donors (Lipinski definition) is 2. The van der Waals surface area contributed by atoms with Gasteiger partial charge in [-0.2, -0.15) is 5.26 Å². The number of benzene rings is 2. The fraction of sp³-hybridized carbons (Fsp3) is 0.391. The number of nitrogens with one attached hydrogen (secondary N) is 2. The van der Waals surface area contributed by atoms with Crippen LogP contribution in [0.2, 0.25) is 0 Å². The molecule has 0 radical (unpaired) electrons. The topological polar surface area (TPSA) is 63.5 Å². The fourth-order valence-corrected chi connectivity index (χ4v) is 3.53. The smallest absolute Gasteiger partial charge is 0.191 e. The van der Waals surface area contributed by atoms with Crippen molar-refractivity contribution in [2.75, 3.05) is 19.6 Å². The Morgan fingerprint density at radius 2 is 1.90 bits per heavy atom. The van der Waals surface area contributed by atoms with E-state index in [1.165, 1.54) is 12.0 Å². The van der Waals surface area contributed by atoms with Crippen LogP contribution in [0.4, 0.5) is 0 Å². The molecule has 2 N–H and O–H groups in total. The van der Waals surface area contributed by atoms with Crippen molar-refractivity contribution in [1.82, 2.24) is 15.5 Å². The second kappa shape index (κ2) is 12.5. The van der Waals surface area contributed by atoms with Gasteiger partial charge in [0, 0.05) is 25.7 Å². The minimum atomic E-state index is 0. The molecule has 5 nitrogen and oxygen atoms in total. The molecule has 1 unspecified atom stereocenters. The monoisotopic (exact) mass is 503 g/mol. The maximum absolute atomic E-state index is 8.91. The molecule has 0 spiro atoms. The molecule has 1 heterocycles. The van der Waals surface area contributed by atoms with E-state index in [9.17, 15) is 0 Å². The van der Waals surface area contributed by atoms with Crippen molar-refractivity contribution < 1.29 is 0 Å². The summed E-state index contributed by atoms with van der Waals surface area (Å²) in [5, 5.41) is 15.9. The molecule has 0 aliphatic carbocycles. The first kappa shape index (κ1) is 23.2. The molecule has 1 atom stereocenters. The lowest BCUT2D eigenvalue weighted by Gasteiger charge is -2.34. The molecule has 1 fully saturated rings. The Morgan fingerprint density at radius 3 is 2.59 bits per heavy atom. The van der Waals surface area contributed by atoms with Crippen molar-refractivity contribution in [2.24, 2.45) is 4.99 Å². The van der Waals surface area contributed by atoms with Crippen molar-refractivity contribution in [3.63, 3.8) is 0 Å². The maximum atomic E-state index is 8.91. The molecule has 1 saturated heterocycles. The Morgan fingerprint density at radius 1 is 1.14 bits per heavy atom. The molecule has 1 aliphatic rings. The highest BCUT2D eigenvalue weighted by Crippen LogP contribution is 2.14. The van der Waals surface area contributed by atoms with Gasteiger partial charge in [-0.05, 0) is 49.6 Å². The highest BCUT2D eigenvalue weighted by Gasteiger charge is 2.20. The van der Waals surface area contributed by atoms with Crippen LogP contribution in [0.25, 0.3) is 0 Å². The molecule has 6 heteroatoms. The van der Waals surface area contributed by atoms with E-state index in [0.717, 1.165) is 44.1 Å². The number of hydrogen-bond acceptors (Lipinski definition) is 3. The van der Waals surface area contributed by atoms with Crippen molar-refractivity contribution in [1.29, 1.82) is 5.26 Å². The van der Waals surface area contributed by atoms with Gasteiger partial charge in [-0.15, -0.1) is 24.0 Å². The Balaban J connectivity index is 0.00000300. The lowest BCUT2D eigenvalue weighted by molar-refractivity contribution is 0.192. The molecule has 3 rings (SSSR count). The Kier molecular flexibility index (Phi) is 9.95. The molecule has 154 valence electrons. The van der Waals surface area contributed by atoms with Gasteiger partial charge in [0.25, 0.3) is 0 Å². The van der Waals surface area contributed by atoms with E-state index >= 15 is 0 Å². The van der Waals surface area contributed by atoms with Crippen LogP contribution in [-0.4, -0.2) is 36.5 Å². The van der Waals surface area contributed by atoms with Crippen molar-refractivity contribution >= 4 is 29.9 Å². The van der Waals surface area contributed by atoms with Crippen LogP contribution in [0.3, 0.4) is 0 Å². The number of likely N-dealkylation sites (tertiary alicyclic amines) is 1. The second-order valence-corrected chi connectivity index (χ2v) is 7.21. The summed E-state index contributed by atoms with van der Waals surface area (Å²) < 4.78 is 0. The lowest BCUT2D eigenvalue weighted by atomic mass is 10.0. The van der Waals surface area contributed by atoms with Gasteiger partial charge >= 0.3 is 0 Å². The molecular formula is C23H30IN5. The van der Waals surface area contributed by atoms with E-state index in [-0.39, 0.29) is 24.0 Å². The third kappa shape index (κ3) is 7.67. The molecule has 0 saturated carbocycles. The Hall–Kier alpha value is -2.11. The molecule has 1 aliphatic heterocycles. The molecule has 2 aromatic rings. The first-order chi connectivity index (χ1) is 13.8. The van der Waals surface area contributed by atoms with Crippen molar-refractivity contribution in [3.8, 4) is 6.07 Å². The zero-order chi connectivity index (χ0) is 19.6. The van der Waals surface area contributed by atoms with Crippen LogP contribution in [-0.2, 0) is 13.1 Å². The van der Waals surface area contributed by atoms with Gasteiger partial charge in [0.1, 0.15) is 0 Å². The molecule has 29 heavy (non-hydrogen) atoms. The summed E-state index contributed by atoms with van der Waals surface area (Å²) in [6.45, 7) is 6.68. The van der Waals surface area contributed by atoms with Gasteiger partial charge in [-0.1, -0.05) is 42.5 Å². The van der Waals surface area contributed by atoms with Crippen molar-refractivity contribution in [2.45, 2.75) is 38.9 Å². The molecule has 2 aromatic carbocycles. The zero-order valence-corrected chi connectivity index (χ0v) is 19.3. The summed E-state index contributed by atoms with van der Waals surface area (Å²) in [4.78, 5) is 7.25.